The Labute approximate surface area is 88.0 Å². The van der Waals surface area contributed by atoms with Crippen molar-refractivity contribution in [3.05, 3.63) is 12.2 Å². The van der Waals surface area contributed by atoms with Gasteiger partial charge in [-0.05, 0) is 42.7 Å². The van der Waals surface area contributed by atoms with Crippen molar-refractivity contribution in [3.63, 3.8) is 0 Å². The average molecular weight is 192 g/mol. The molecular formula is C12H21BO. The number of hydrogen-bond acceptors (Lipinski definition) is 1. The molecule has 2 heteroatoms. The maximum atomic E-state index is 5.53. The second kappa shape index (κ2) is 3.41. The molecule has 1 nitrogen and oxygen atoms in total. The Kier molecular flexibility index (Phi) is 2.51. The first kappa shape index (κ1) is 10.3. The van der Waals surface area contributed by atoms with Gasteiger partial charge in [-0.2, -0.15) is 0 Å². The van der Waals surface area contributed by atoms with Crippen molar-refractivity contribution < 1.29 is 4.65 Å². The fraction of sp³-hybridized carbons (Fsp3) is 0.833. The van der Waals surface area contributed by atoms with E-state index in [-0.39, 0.29) is 0 Å². The molecule has 2 unspecified atom stereocenters. The van der Waals surface area contributed by atoms with E-state index in [2.05, 4.69) is 20.4 Å². The van der Waals surface area contributed by atoms with Crippen molar-refractivity contribution in [1.29, 1.82) is 0 Å². The summed E-state index contributed by atoms with van der Waals surface area (Å²) in [6.07, 6.45) is 5.11. The summed E-state index contributed by atoms with van der Waals surface area (Å²) in [4.78, 5) is 0. The second-order valence-electron chi connectivity index (χ2n) is 5.66. The Balaban J connectivity index is 2.17. The zero-order valence-corrected chi connectivity index (χ0v) is 9.68. The molecule has 0 radical (unpaired) electrons. The summed E-state index contributed by atoms with van der Waals surface area (Å²) in [5.74, 6) is 1.65. The van der Waals surface area contributed by atoms with E-state index in [4.69, 9.17) is 4.65 Å². The van der Waals surface area contributed by atoms with Crippen LogP contribution in [0.5, 0.6) is 0 Å². The summed E-state index contributed by atoms with van der Waals surface area (Å²) in [5.41, 5.74) is 1.81. The van der Waals surface area contributed by atoms with Crippen LogP contribution in [-0.4, -0.2) is 14.0 Å². The van der Waals surface area contributed by atoms with Gasteiger partial charge in [-0.3, -0.25) is 0 Å². The highest BCUT2D eigenvalue weighted by atomic mass is 16.4. The zero-order chi connectivity index (χ0) is 10.3. The van der Waals surface area contributed by atoms with Crippen molar-refractivity contribution in [1.82, 2.24) is 0 Å². The lowest BCUT2D eigenvalue weighted by molar-refractivity contribution is 0.164. The van der Waals surface area contributed by atoms with Gasteiger partial charge in [-0.15, -0.1) is 0 Å². The van der Waals surface area contributed by atoms with Crippen molar-refractivity contribution in [2.45, 2.75) is 39.3 Å². The summed E-state index contributed by atoms with van der Waals surface area (Å²) < 4.78 is 5.53. The van der Waals surface area contributed by atoms with E-state index in [1.54, 1.807) is 0 Å². The smallest absolute Gasteiger partial charge is 0.293 e. The van der Waals surface area contributed by atoms with Gasteiger partial charge in [0.2, 0.25) is 0 Å². The van der Waals surface area contributed by atoms with Gasteiger partial charge in [0.05, 0.1) is 0 Å². The Bertz CT molecular complexity index is 247. The van der Waals surface area contributed by atoms with Crippen molar-refractivity contribution in [2.24, 2.45) is 17.3 Å². The molecule has 2 aliphatic rings. The van der Waals surface area contributed by atoms with Gasteiger partial charge in [0, 0.05) is 7.11 Å². The van der Waals surface area contributed by atoms with Gasteiger partial charge >= 0.3 is 0 Å². The number of fused-ring (bicyclic) bond motifs is 2. The fourth-order valence-electron chi connectivity index (χ4n) is 3.23. The molecule has 1 saturated heterocycles. The molecule has 0 aromatic carbocycles. The van der Waals surface area contributed by atoms with Crippen LogP contribution in [0.1, 0.15) is 26.7 Å². The molecule has 2 bridgehead atoms. The van der Waals surface area contributed by atoms with Crippen LogP contribution in [0, 0.1) is 17.3 Å². The molecule has 2 atom stereocenters. The standard InChI is InChI=1S/C12H21BO/c1-9-5-10-6-11(12(9,2)3)8-13(7-10)14-4/h10-11H,1,5-8H2,2-4H3. The van der Waals surface area contributed by atoms with E-state index in [0.29, 0.717) is 12.3 Å². The molecule has 1 heterocycles. The lowest BCUT2D eigenvalue weighted by Crippen LogP contribution is -2.42. The first-order valence-electron chi connectivity index (χ1n) is 5.75. The maximum Gasteiger partial charge on any atom is 0.293 e. The van der Waals surface area contributed by atoms with E-state index in [1.807, 2.05) is 7.11 Å². The van der Waals surface area contributed by atoms with Crippen LogP contribution in [-0.2, 0) is 4.65 Å². The van der Waals surface area contributed by atoms with E-state index < -0.39 is 0 Å². The molecule has 0 aromatic heterocycles. The van der Waals surface area contributed by atoms with Crippen molar-refractivity contribution in [2.75, 3.05) is 7.11 Å². The average Bonchev–Trinajstić information content (AvgIpc) is 2.15. The Morgan fingerprint density at radius 1 is 1.43 bits per heavy atom. The molecule has 2 rings (SSSR count). The van der Waals surface area contributed by atoms with E-state index >= 15 is 0 Å². The van der Waals surface area contributed by atoms with Crippen LogP contribution >= 0.6 is 0 Å². The quantitative estimate of drug-likeness (QED) is 0.457. The van der Waals surface area contributed by atoms with Crippen LogP contribution in [0.4, 0.5) is 0 Å². The van der Waals surface area contributed by atoms with Crippen molar-refractivity contribution >= 4 is 6.92 Å². The summed E-state index contributed by atoms with van der Waals surface area (Å²) in [7, 11) is 1.85. The van der Waals surface area contributed by atoms with Crippen molar-refractivity contribution in [3.8, 4) is 0 Å². The molecule has 1 saturated carbocycles. The van der Waals surface area contributed by atoms with E-state index in [1.165, 1.54) is 31.1 Å². The summed E-state index contributed by atoms with van der Waals surface area (Å²) >= 11 is 0. The molecule has 1 aliphatic carbocycles. The monoisotopic (exact) mass is 192 g/mol. The van der Waals surface area contributed by atoms with Gasteiger partial charge in [0.25, 0.3) is 6.92 Å². The molecule has 2 fully saturated rings. The Hall–Kier alpha value is -0.235. The molecule has 14 heavy (non-hydrogen) atoms. The molecule has 78 valence electrons. The third-order valence-corrected chi connectivity index (χ3v) is 4.56. The maximum absolute atomic E-state index is 5.53. The third kappa shape index (κ3) is 1.54. The van der Waals surface area contributed by atoms with Crippen LogP contribution in [0.3, 0.4) is 0 Å². The highest BCUT2D eigenvalue weighted by Gasteiger charge is 2.45. The minimum atomic E-state index is 0.341. The molecule has 1 aliphatic heterocycles. The highest BCUT2D eigenvalue weighted by molar-refractivity contribution is 6.52. The van der Waals surface area contributed by atoms with E-state index in [0.717, 1.165) is 11.8 Å². The highest BCUT2D eigenvalue weighted by Crippen LogP contribution is 2.52. The summed E-state index contributed by atoms with van der Waals surface area (Å²) in [6, 6.07) is 0. The molecule has 0 N–H and O–H groups in total. The van der Waals surface area contributed by atoms with Crippen LogP contribution < -0.4 is 0 Å². The molecule has 0 spiro atoms. The topological polar surface area (TPSA) is 9.23 Å². The van der Waals surface area contributed by atoms with Crippen LogP contribution in [0.15, 0.2) is 12.2 Å². The molecular weight excluding hydrogens is 171 g/mol. The van der Waals surface area contributed by atoms with Crippen LogP contribution in [0.25, 0.3) is 0 Å². The largest absolute Gasteiger partial charge is 0.438 e. The predicted octanol–water partition coefficient (Wildman–Crippen LogP) is 3.25. The number of hydrogen-bond donors (Lipinski definition) is 0. The van der Waals surface area contributed by atoms with Gasteiger partial charge < -0.3 is 4.65 Å². The SMILES string of the molecule is C=C1CC2CB(OC)CC(C2)C1(C)C. The fourth-order valence-corrected chi connectivity index (χ4v) is 3.23. The third-order valence-electron chi connectivity index (χ3n) is 4.56. The van der Waals surface area contributed by atoms with Crippen LogP contribution in [0.2, 0.25) is 12.6 Å². The number of allylic oxidation sites excluding steroid dienone is 1. The van der Waals surface area contributed by atoms with E-state index in [9.17, 15) is 0 Å². The lowest BCUT2D eigenvalue weighted by atomic mass is 9.42. The summed E-state index contributed by atoms with van der Waals surface area (Å²) in [5, 5.41) is 0. The first-order valence-corrected chi connectivity index (χ1v) is 5.75. The minimum Gasteiger partial charge on any atom is -0.438 e. The molecule has 0 aromatic rings. The number of rotatable bonds is 1. The summed E-state index contributed by atoms with van der Waals surface area (Å²) in [6.45, 7) is 9.48. The second-order valence-corrected chi connectivity index (χ2v) is 5.66. The zero-order valence-electron chi connectivity index (χ0n) is 9.68. The molecule has 0 amide bonds. The van der Waals surface area contributed by atoms with Gasteiger partial charge in [-0.25, -0.2) is 0 Å². The Morgan fingerprint density at radius 2 is 2.14 bits per heavy atom. The normalized spacial score (nSPS) is 35.9. The lowest BCUT2D eigenvalue weighted by Gasteiger charge is -2.48. The first-order chi connectivity index (χ1) is 6.54. The minimum absolute atomic E-state index is 0.341. The van der Waals surface area contributed by atoms with Gasteiger partial charge in [0.15, 0.2) is 0 Å². The van der Waals surface area contributed by atoms with Gasteiger partial charge in [0.1, 0.15) is 0 Å². The van der Waals surface area contributed by atoms with Gasteiger partial charge in [-0.1, -0.05) is 26.0 Å². The Morgan fingerprint density at radius 3 is 2.79 bits per heavy atom. The predicted molar refractivity (Wildman–Crippen MR) is 61.5 cm³/mol.